The Kier molecular flexibility index (Phi) is 5.76. The highest BCUT2D eigenvalue weighted by molar-refractivity contribution is 5.80. The molecule has 0 radical (unpaired) electrons. The van der Waals surface area contributed by atoms with E-state index < -0.39 is 12.6 Å². The van der Waals surface area contributed by atoms with Crippen LogP contribution in [0.15, 0.2) is 4.99 Å². The Morgan fingerprint density at radius 1 is 1.14 bits per heavy atom. The molecule has 6 heteroatoms. The summed E-state index contributed by atoms with van der Waals surface area (Å²) in [6.45, 7) is 2.66. The van der Waals surface area contributed by atoms with Crippen LogP contribution in [0.5, 0.6) is 0 Å². The molecular weight excluding hydrogens is 279 g/mol. The van der Waals surface area contributed by atoms with Gasteiger partial charge in [-0.2, -0.15) is 13.2 Å². The lowest BCUT2D eigenvalue weighted by atomic mass is 9.82. The molecule has 2 unspecified atom stereocenters. The van der Waals surface area contributed by atoms with Crippen LogP contribution in [0.1, 0.15) is 44.9 Å². The maximum Gasteiger partial charge on any atom is 0.389 e. The number of hydrogen-bond acceptors (Lipinski definition) is 1. The number of nitrogens with one attached hydrogen (secondary N) is 1. The highest BCUT2D eigenvalue weighted by Gasteiger charge is 2.35. The van der Waals surface area contributed by atoms with Gasteiger partial charge in [-0.3, -0.25) is 4.99 Å². The Bertz CT molecular complexity index is 341. The molecule has 2 rings (SSSR count). The van der Waals surface area contributed by atoms with Crippen molar-refractivity contribution >= 4 is 5.96 Å². The van der Waals surface area contributed by atoms with E-state index in [0.717, 1.165) is 30.9 Å². The molecule has 1 N–H and O–H groups in total. The van der Waals surface area contributed by atoms with E-state index in [0.29, 0.717) is 13.0 Å². The lowest BCUT2D eigenvalue weighted by molar-refractivity contribution is -0.135. The number of rotatable bonds is 4. The van der Waals surface area contributed by atoms with E-state index in [9.17, 15) is 13.2 Å². The highest BCUT2D eigenvalue weighted by Crippen LogP contribution is 2.35. The zero-order chi connectivity index (χ0) is 15.3. The van der Waals surface area contributed by atoms with E-state index in [4.69, 9.17) is 0 Å². The quantitative estimate of drug-likeness (QED) is 0.489. The largest absolute Gasteiger partial charge is 0.389 e. The molecule has 0 aromatic carbocycles. The second-order valence-corrected chi connectivity index (χ2v) is 6.26. The van der Waals surface area contributed by atoms with Crippen LogP contribution in [0.4, 0.5) is 13.2 Å². The molecular formula is C15H26F3N3. The number of halogens is 3. The fourth-order valence-corrected chi connectivity index (χ4v) is 3.56. The first kappa shape index (κ1) is 16.4. The van der Waals surface area contributed by atoms with Crippen molar-refractivity contribution in [3.63, 3.8) is 0 Å². The molecule has 0 aromatic heterocycles. The Morgan fingerprint density at radius 2 is 1.76 bits per heavy atom. The molecule has 1 saturated heterocycles. The summed E-state index contributed by atoms with van der Waals surface area (Å²) in [5, 5.41) is 3.22. The summed E-state index contributed by atoms with van der Waals surface area (Å²) in [6, 6.07) is 0. The molecule has 2 fully saturated rings. The summed E-state index contributed by atoms with van der Waals surface area (Å²) in [5.41, 5.74) is 0. The van der Waals surface area contributed by atoms with E-state index in [1.807, 2.05) is 0 Å². The van der Waals surface area contributed by atoms with E-state index in [1.165, 1.54) is 25.7 Å². The number of nitrogens with zero attached hydrogens (tertiary/aromatic N) is 2. The Balaban J connectivity index is 1.69. The summed E-state index contributed by atoms with van der Waals surface area (Å²) in [7, 11) is 1.75. The zero-order valence-electron chi connectivity index (χ0n) is 12.8. The van der Waals surface area contributed by atoms with Gasteiger partial charge in [0.1, 0.15) is 0 Å². The van der Waals surface area contributed by atoms with Gasteiger partial charge in [0, 0.05) is 33.1 Å². The summed E-state index contributed by atoms with van der Waals surface area (Å²) >= 11 is 0. The minimum atomic E-state index is -4.04. The first-order valence-electron chi connectivity index (χ1n) is 8.02. The summed E-state index contributed by atoms with van der Waals surface area (Å²) in [5.74, 6) is 2.42. The Morgan fingerprint density at radius 3 is 2.29 bits per heavy atom. The Hall–Kier alpha value is -0.940. The minimum absolute atomic E-state index is 0.179. The summed E-state index contributed by atoms with van der Waals surface area (Å²) in [4.78, 5) is 6.57. The number of fused-ring (bicyclic) bond motifs is 1. The molecule has 1 heterocycles. The van der Waals surface area contributed by atoms with Crippen molar-refractivity contribution in [1.29, 1.82) is 0 Å². The van der Waals surface area contributed by atoms with Gasteiger partial charge in [-0.1, -0.05) is 12.8 Å². The average Bonchev–Trinajstić information content (AvgIpc) is 2.85. The van der Waals surface area contributed by atoms with Crippen LogP contribution in [-0.2, 0) is 0 Å². The third-order valence-electron chi connectivity index (χ3n) is 4.66. The van der Waals surface area contributed by atoms with Crippen LogP contribution in [0.2, 0.25) is 0 Å². The van der Waals surface area contributed by atoms with Crippen molar-refractivity contribution in [2.24, 2.45) is 16.8 Å². The van der Waals surface area contributed by atoms with Crippen molar-refractivity contribution in [1.82, 2.24) is 10.2 Å². The fourth-order valence-electron chi connectivity index (χ4n) is 3.56. The second kappa shape index (κ2) is 7.36. The standard InChI is InChI=1S/C15H26F3N3/c1-19-14(20-9-5-4-8-15(16,17)18)21-10-12-6-2-3-7-13(12)11-21/h12-13H,2-11H2,1H3,(H,19,20). The monoisotopic (exact) mass is 305 g/mol. The lowest BCUT2D eigenvalue weighted by Gasteiger charge is -2.22. The predicted molar refractivity (Wildman–Crippen MR) is 78.3 cm³/mol. The molecule has 0 amide bonds. The van der Waals surface area contributed by atoms with Crippen LogP contribution >= 0.6 is 0 Å². The van der Waals surface area contributed by atoms with E-state index in [-0.39, 0.29) is 6.42 Å². The molecule has 1 aliphatic carbocycles. The maximum atomic E-state index is 12.1. The van der Waals surface area contributed by atoms with E-state index in [2.05, 4.69) is 15.2 Å². The van der Waals surface area contributed by atoms with Crippen molar-refractivity contribution in [2.75, 3.05) is 26.7 Å². The van der Waals surface area contributed by atoms with Crippen molar-refractivity contribution < 1.29 is 13.2 Å². The summed E-state index contributed by atoms with van der Waals surface area (Å²) < 4.78 is 36.2. The number of aliphatic imine (C=N–C) groups is 1. The average molecular weight is 305 g/mol. The van der Waals surface area contributed by atoms with Gasteiger partial charge in [0.15, 0.2) is 5.96 Å². The molecule has 0 bridgehead atoms. The summed E-state index contributed by atoms with van der Waals surface area (Å²) in [6.07, 6.45) is 1.26. The van der Waals surface area contributed by atoms with Gasteiger partial charge in [0.2, 0.25) is 0 Å². The molecule has 2 atom stereocenters. The molecule has 1 aliphatic heterocycles. The molecule has 122 valence electrons. The number of unbranched alkanes of at least 4 members (excludes halogenated alkanes) is 1. The third kappa shape index (κ3) is 5.08. The van der Waals surface area contributed by atoms with E-state index >= 15 is 0 Å². The smallest absolute Gasteiger partial charge is 0.356 e. The topological polar surface area (TPSA) is 27.6 Å². The van der Waals surface area contributed by atoms with Crippen LogP contribution in [0, 0.1) is 11.8 Å². The molecule has 3 nitrogen and oxygen atoms in total. The minimum Gasteiger partial charge on any atom is -0.356 e. The van der Waals surface area contributed by atoms with Crippen LogP contribution in [-0.4, -0.2) is 43.7 Å². The normalized spacial score (nSPS) is 26.9. The predicted octanol–water partition coefficient (Wildman–Crippen LogP) is 3.42. The second-order valence-electron chi connectivity index (χ2n) is 6.26. The zero-order valence-corrected chi connectivity index (χ0v) is 12.8. The van der Waals surface area contributed by atoms with Gasteiger partial charge >= 0.3 is 6.18 Å². The van der Waals surface area contributed by atoms with Gasteiger partial charge in [0.05, 0.1) is 0 Å². The van der Waals surface area contributed by atoms with Gasteiger partial charge < -0.3 is 10.2 Å². The van der Waals surface area contributed by atoms with Crippen molar-refractivity contribution in [3.8, 4) is 0 Å². The number of hydrogen-bond donors (Lipinski definition) is 1. The molecule has 21 heavy (non-hydrogen) atoms. The first-order chi connectivity index (χ1) is 9.99. The highest BCUT2D eigenvalue weighted by atomic mass is 19.4. The maximum absolute atomic E-state index is 12.1. The van der Waals surface area contributed by atoms with Crippen molar-refractivity contribution in [2.45, 2.75) is 51.1 Å². The Labute approximate surface area is 125 Å². The van der Waals surface area contributed by atoms with Gasteiger partial charge in [-0.05, 0) is 37.5 Å². The first-order valence-corrected chi connectivity index (χ1v) is 8.02. The molecule has 0 aromatic rings. The van der Waals surface area contributed by atoms with E-state index in [1.54, 1.807) is 7.05 Å². The van der Waals surface area contributed by atoms with Crippen LogP contribution < -0.4 is 5.32 Å². The number of alkyl halides is 3. The SMILES string of the molecule is CN=C(NCCCCC(F)(F)F)N1CC2CCCCC2C1. The molecule has 0 spiro atoms. The van der Waals surface area contributed by atoms with Crippen molar-refractivity contribution in [3.05, 3.63) is 0 Å². The number of likely N-dealkylation sites (tertiary alicyclic amines) is 1. The fraction of sp³-hybridized carbons (Fsp3) is 0.933. The van der Waals surface area contributed by atoms with Gasteiger partial charge in [-0.15, -0.1) is 0 Å². The molecule has 1 saturated carbocycles. The van der Waals surface area contributed by atoms with Gasteiger partial charge in [0.25, 0.3) is 0 Å². The lowest BCUT2D eigenvalue weighted by Crippen LogP contribution is -2.40. The van der Waals surface area contributed by atoms with Crippen LogP contribution in [0.3, 0.4) is 0 Å². The van der Waals surface area contributed by atoms with Crippen LogP contribution in [0.25, 0.3) is 0 Å². The molecule has 2 aliphatic rings. The third-order valence-corrected chi connectivity index (χ3v) is 4.66. The number of guanidine groups is 1. The van der Waals surface area contributed by atoms with Gasteiger partial charge in [-0.25, -0.2) is 0 Å².